The van der Waals surface area contributed by atoms with Crippen molar-refractivity contribution in [1.29, 1.82) is 0 Å². The van der Waals surface area contributed by atoms with E-state index in [9.17, 15) is 0 Å². The van der Waals surface area contributed by atoms with E-state index in [4.69, 9.17) is 27.5 Å². The summed E-state index contributed by atoms with van der Waals surface area (Å²) >= 11 is 0. The topological polar surface area (TPSA) is 55.4 Å². The van der Waals surface area contributed by atoms with E-state index in [0.717, 1.165) is 38.3 Å². The third-order valence-electron chi connectivity index (χ3n) is 3.42. The summed E-state index contributed by atoms with van der Waals surface area (Å²) in [6.07, 6.45) is 4.45. The second-order valence-corrected chi connectivity index (χ2v) is 8.10. The zero-order valence-corrected chi connectivity index (χ0v) is 17.1. The van der Waals surface area contributed by atoms with Gasteiger partial charge in [-0.2, -0.15) is 0 Å². The molecule has 0 saturated carbocycles. The van der Waals surface area contributed by atoms with Crippen LogP contribution in [0, 0.1) is 0 Å². The maximum Gasteiger partial charge on any atom is 0.500 e. The van der Waals surface area contributed by atoms with Crippen LogP contribution in [-0.2, 0) is 27.5 Å². The van der Waals surface area contributed by atoms with Crippen molar-refractivity contribution in [2.24, 2.45) is 0 Å². The fourth-order valence-electron chi connectivity index (χ4n) is 2.36. The molecule has 0 N–H and O–H groups in total. The minimum atomic E-state index is -2.45. The minimum Gasteiger partial charge on any atom is -0.382 e. The Morgan fingerprint density at radius 2 is 1.08 bits per heavy atom. The summed E-state index contributed by atoms with van der Waals surface area (Å²) in [4.78, 5) is 0. The van der Waals surface area contributed by atoms with Crippen molar-refractivity contribution in [3.05, 3.63) is 0 Å². The molecule has 0 rings (SSSR count). The van der Waals surface area contributed by atoms with E-state index in [2.05, 4.69) is 0 Å². The summed E-state index contributed by atoms with van der Waals surface area (Å²) in [5.74, 6) is 0. The molecule has 24 heavy (non-hydrogen) atoms. The molecule has 0 amide bonds. The van der Waals surface area contributed by atoms with E-state index in [1.54, 1.807) is 7.11 Å². The third-order valence-corrected chi connectivity index (χ3v) is 6.57. The first-order chi connectivity index (χ1) is 11.7. The van der Waals surface area contributed by atoms with Gasteiger partial charge in [0.1, 0.15) is 0 Å². The SMILES string of the molecule is CCO[Si](CCCCCCOCCOCCOC)(OCC)OCC. The fourth-order valence-corrected chi connectivity index (χ4v) is 5.05. The zero-order chi connectivity index (χ0) is 17.9. The molecule has 0 fully saturated rings. The lowest BCUT2D eigenvalue weighted by molar-refractivity contribution is 0.0239. The standard InChI is InChI=1S/C17H38O6Si/c1-5-21-24(22-6-2,23-7-3)17-11-9-8-10-12-19-15-16-20-14-13-18-4/h5-17H2,1-4H3. The number of ether oxygens (including phenoxy) is 3. The molecule has 0 spiro atoms. The van der Waals surface area contributed by atoms with Gasteiger partial charge in [0.2, 0.25) is 0 Å². The van der Waals surface area contributed by atoms with Gasteiger partial charge in [-0.15, -0.1) is 0 Å². The minimum absolute atomic E-state index is 0.630. The van der Waals surface area contributed by atoms with Gasteiger partial charge in [-0.1, -0.05) is 12.8 Å². The van der Waals surface area contributed by atoms with E-state index in [1.807, 2.05) is 20.8 Å². The first-order valence-electron chi connectivity index (χ1n) is 9.30. The molecule has 0 bridgehead atoms. The van der Waals surface area contributed by atoms with Crippen LogP contribution in [0.2, 0.25) is 6.04 Å². The van der Waals surface area contributed by atoms with Crippen molar-refractivity contribution < 1.29 is 27.5 Å². The van der Waals surface area contributed by atoms with Crippen molar-refractivity contribution in [1.82, 2.24) is 0 Å². The normalized spacial score (nSPS) is 12.0. The smallest absolute Gasteiger partial charge is 0.382 e. The number of methoxy groups -OCH3 is 1. The quantitative estimate of drug-likeness (QED) is 0.258. The number of hydrogen-bond donors (Lipinski definition) is 0. The Morgan fingerprint density at radius 1 is 0.583 bits per heavy atom. The summed E-state index contributed by atoms with van der Waals surface area (Å²) in [5, 5.41) is 0. The maximum atomic E-state index is 5.86. The summed E-state index contributed by atoms with van der Waals surface area (Å²) in [7, 11) is -0.781. The summed E-state index contributed by atoms with van der Waals surface area (Å²) in [6.45, 7) is 11.3. The van der Waals surface area contributed by atoms with Crippen LogP contribution in [0.15, 0.2) is 0 Å². The van der Waals surface area contributed by atoms with E-state index in [-0.39, 0.29) is 0 Å². The van der Waals surface area contributed by atoms with Gasteiger partial charge in [0, 0.05) is 39.6 Å². The average molecular weight is 367 g/mol. The Bertz CT molecular complexity index is 238. The van der Waals surface area contributed by atoms with Crippen molar-refractivity contribution in [3.8, 4) is 0 Å². The molecule has 0 aliphatic rings. The van der Waals surface area contributed by atoms with Crippen molar-refractivity contribution >= 4 is 8.80 Å². The van der Waals surface area contributed by atoms with Gasteiger partial charge in [0.15, 0.2) is 0 Å². The highest BCUT2D eigenvalue weighted by Crippen LogP contribution is 2.20. The molecule has 0 atom stereocenters. The monoisotopic (exact) mass is 366 g/mol. The van der Waals surface area contributed by atoms with Crippen LogP contribution in [0.5, 0.6) is 0 Å². The second-order valence-electron chi connectivity index (χ2n) is 5.36. The van der Waals surface area contributed by atoms with Crippen molar-refractivity contribution in [2.75, 3.05) is 60.0 Å². The second kappa shape index (κ2) is 17.8. The lowest BCUT2D eigenvalue weighted by Gasteiger charge is -2.28. The predicted octanol–water partition coefficient (Wildman–Crippen LogP) is 3.27. The lowest BCUT2D eigenvalue weighted by atomic mass is 10.2. The number of rotatable bonds is 19. The van der Waals surface area contributed by atoms with Crippen LogP contribution in [0.4, 0.5) is 0 Å². The van der Waals surface area contributed by atoms with Crippen LogP contribution in [0.1, 0.15) is 46.5 Å². The van der Waals surface area contributed by atoms with Crippen molar-refractivity contribution in [3.63, 3.8) is 0 Å². The molecule has 0 aromatic carbocycles. The first-order valence-corrected chi connectivity index (χ1v) is 11.2. The van der Waals surface area contributed by atoms with Gasteiger partial charge in [-0.05, 0) is 33.6 Å². The largest absolute Gasteiger partial charge is 0.500 e. The van der Waals surface area contributed by atoms with Crippen LogP contribution in [0.3, 0.4) is 0 Å². The molecule has 7 heteroatoms. The average Bonchev–Trinajstić information content (AvgIpc) is 2.56. The molecule has 0 aliphatic carbocycles. The van der Waals surface area contributed by atoms with Gasteiger partial charge < -0.3 is 27.5 Å². The maximum absolute atomic E-state index is 5.86. The molecule has 6 nitrogen and oxygen atoms in total. The van der Waals surface area contributed by atoms with Crippen LogP contribution in [-0.4, -0.2) is 68.8 Å². The molecule has 146 valence electrons. The Balaban J connectivity index is 3.60. The highest BCUT2D eigenvalue weighted by atomic mass is 28.4. The van der Waals surface area contributed by atoms with Gasteiger partial charge >= 0.3 is 8.80 Å². The fraction of sp³-hybridized carbons (Fsp3) is 1.00. The number of unbranched alkanes of at least 4 members (excludes halogenated alkanes) is 3. The summed E-state index contributed by atoms with van der Waals surface area (Å²) in [5.41, 5.74) is 0. The summed E-state index contributed by atoms with van der Waals surface area (Å²) < 4.78 is 33.4. The van der Waals surface area contributed by atoms with Crippen LogP contribution < -0.4 is 0 Å². The van der Waals surface area contributed by atoms with E-state index >= 15 is 0 Å². The Kier molecular flexibility index (Phi) is 17.8. The Hall–Kier alpha value is -0.0231. The molecular formula is C17H38O6Si. The van der Waals surface area contributed by atoms with Gasteiger partial charge in [-0.3, -0.25) is 0 Å². The summed E-state index contributed by atoms with van der Waals surface area (Å²) in [6, 6.07) is 0.900. The molecule has 0 aromatic heterocycles. The molecule has 0 aromatic rings. The van der Waals surface area contributed by atoms with E-state index in [1.165, 1.54) is 0 Å². The number of hydrogen-bond acceptors (Lipinski definition) is 6. The van der Waals surface area contributed by atoms with Crippen molar-refractivity contribution in [2.45, 2.75) is 52.5 Å². The van der Waals surface area contributed by atoms with E-state index < -0.39 is 8.80 Å². The molecule has 0 saturated heterocycles. The lowest BCUT2D eigenvalue weighted by Crippen LogP contribution is -2.45. The molecule has 0 radical (unpaired) electrons. The van der Waals surface area contributed by atoms with Gasteiger partial charge in [0.25, 0.3) is 0 Å². The predicted molar refractivity (Wildman–Crippen MR) is 97.4 cm³/mol. The highest BCUT2D eigenvalue weighted by Gasteiger charge is 2.39. The molecular weight excluding hydrogens is 328 g/mol. The molecule has 0 unspecified atom stereocenters. The Morgan fingerprint density at radius 3 is 1.62 bits per heavy atom. The third kappa shape index (κ3) is 13.3. The molecule has 0 heterocycles. The van der Waals surface area contributed by atoms with Crippen LogP contribution in [0.25, 0.3) is 0 Å². The highest BCUT2D eigenvalue weighted by molar-refractivity contribution is 6.60. The van der Waals surface area contributed by atoms with Crippen LogP contribution >= 0.6 is 0 Å². The first kappa shape index (κ1) is 24.0. The van der Waals surface area contributed by atoms with E-state index in [0.29, 0.717) is 46.2 Å². The van der Waals surface area contributed by atoms with Gasteiger partial charge in [-0.25, -0.2) is 0 Å². The van der Waals surface area contributed by atoms with Gasteiger partial charge in [0.05, 0.1) is 26.4 Å². The molecule has 0 aliphatic heterocycles. The Labute approximate surface area is 149 Å². The zero-order valence-electron chi connectivity index (χ0n) is 16.1.